The fraction of sp³-hybridized carbons (Fsp3) is 0.135. The van der Waals surface area contributed by atoms with Gasteiger partial charge in [-0.25, -0.2) is 8.42 Å². The van der Waals surface area contributed by atoms with Gasteiger partial charge in [-0.3, -0.25) is 0 Å². The van der Waals surface area contributed by atoms with Gasteiger partial charge in [-0.15, -0.1) is 0 Å². The molecule has 0 amide bonds. The number of nitrogens with zero attached hydrogens (tertiary/aromatic N) is 2. The van der Waals surface area contributed by atoms with Gasteiger partial charge in [0.25, 0.3) is 0 Å². The van der Waals surface area contributed by atoms with Gasteiger partial charge in [0.05, 0.1) is 22.3 Å². The fourth-order valence-corrected chi connectivity index (χ4v) is 9.26. The molecule has 0 saturated heterocycles. The van der Waals surface area contributed by atoms with E-state index in [1.807, 2.05) is 121 Å². The lowest BCUT2D eigenvalue weighted by Crippen LogP contribution is -2.53. The van der Waals surface area contributed by atoms with Crippen molar-refractivity contribution in [3.8, 4) is 12.1 Å². The Morgan fingerprint density at radius 2 is 0.810 bits per heavy atom. The van der Waals surface area contributed by atoms with Crippen LogP contribution >= 0.6 is 0 Å². The Balaban J connectivity index is 1.81. The second-order valence-electron chi connectivity index (χ2n) is 10.7. The summed E-state index contributed by atoms with van der Waals surface area (Å²) in [5.41, 5.74) is -1.84. The minimum absolute atomic E-state index is 0.110. The van der Waals surface area contributed by atoms with Crippen LogP contribution < -0.4 is 0 Å². The molecule has 1 aliphatic rings. The van der Waals surface area contributed by atoms with Gasteiger partial charge in [-0.1, -0.05) is 140 Å². The third-order valence-corrected chi connectivity index (χ3v) is 11.1. The van der Waals surface area contributed by atoms with Crippen LogP contribution in [-0.4, -0.2) is 13.7 Å². The topological polar surface area (TPSA) is 81.7 Å². The molecule has 42 heavy (non-hydrogen) atoms. The van der Waals surface area contributed by atoms with Gasteiger partial charge in [-0.2, -0.15) is 10.5 Å². The monoisotopic (exact) mass is 564 g/mol. The highest BCUT2D eigenvalue weighted by Crippen LogP contribution is 2.74. The van der Waals surface area contributed by atoms with E-state index in [2.05, 4.69) is 12.1 Å². The van der Waals surface area contributed by atoms with Crippen molar-refractivity contribution >= 4 is 9.84 Å². The van der Waals surface area contributed by atoms with Crippen LogP contribution in [0.3, 0.4) is 0 Å². The molecule has 1 saturated carbocycles. The van der Waals surface area contributed by atoms with Gasteiger partial charge < -0.3 is 0 Å². The van der Waals surface area contributed by atoms with Gasteiger partial charge >= 0.3 is 0 Å². The first-order valence-corrected chi connectivity index (χ1v) is 15.4. The lowest BCUT2D eigenvalue weighted by Gasteiger charge is -2.47. The van der Waals surface area contributed by atoms with E-state index in [1.165, 1.54) is 0 Å². The van der Waals surface area contributed by atoms with Crippen LogP contribution in [0.4, 0.5) is 0 Å². The summed E-state index contributed by atoms with van der Waals surface area (Å²) in [5, 5.41) is 22.0. The smallest absolute Gasteiger partial charge is 0.181 e. The molecule has 204 valence electrons. The SMILES string of the molecule is N#CC(c1ccccc1)(c1ccccc1)C1(C(C#N)(c2ccccc2)c2ccccc2)CC1S(=O)(=O)c1ccccc1. The molecule has 5 heteroatoms. The Kier molecular flexibility index (Phi) is 6.77. The summed E-state index contributed by atoms with van der Waals surface area (Å²) in [6.07, 6.45) is 0.110. The molecular weight excluding hydrogens is 536 g/mol. The number of nitriles is 2. The molecule has 0 bridgehead atoms. The lowest BCUT2D eigenvalue weighted by molar-refractivity contribution is 0.269. The zero-order chi connectivity index (χ0) is 29.3. The van der Waals surface area contributed by atoms with Gasteiger partial charge in [0, 0.05) is 5.41 Å². The van der Waals surface area contributed by atoms with Crippen molar-refractivity contribution in [3.63, 3.8) is 0 Å². The van der Waals surface area contributed by atoms with Crippen LogP contribution in [0.5, 0.6) is 0 Å². The van der Waals surface area contributed by atoms with Gasteiger partial charge in [0.2, 0.25) is 0 Å². The second kappa shape index (κ2) is 10.5. The van der Waals surface area contributed by atoms with Crippen molar-refractivity contribution in [1.29, 1.82) is 10.5 Å². The third-order valence-electron chi connectivity index (χ3n) is 8.84. The Hall–Kier alpha value is -4.97. The molecule has 0 heterocycles. The number of hydrogen-bond acceptors (Lipinski definition) is 4. The van der Waals surface area contributed by atoms with E-state index in [9.17, 15) is 18.9 Å². The molecule has 0 spiro atoms. The average molecular weight is 565 g/mol. The van der Waals surface area contributed by atoms with Crippen LogP contribution in [-0.2, 0) is 20.7 Å². The van der Waals surface area contributed by atoms with E-state index in [-0.39, 0.29) is 11.3 Å². The maximum absolute atomic E-state index is 14.6. The van der Waals surface area contributed by atoms with Crippen molar-refractivity contribution in [2.45, 2.75) is 27.4 Å². The Morgan fingerprint density at radius 3 is 1.10 bits per heavy atom. The molecule has 6 rings (SSSR count). The molecule has 1 aliphatic carbocycles. The third kappa shape index (κ3) is 3.75. The Bertz CT molecular complexity index is 1700. The molecule has 0 aromatic heterocycles. The molecule has 1 unspecified atom stereocenters. The van der Waals surface area contributed by atoms with E-state index < -0.39 is 31.3 Å². The molecule has 0 radical (unpaired) electrons. The highest BCUT2D eigenvalue weighted by atomic mass is 32.2. The standard InChI is InChI=1S/C37H28N2O2S/c38-27-35(29-16-6-1-7-17-29,30-18-8-2-9-19-30)37(26-34(37)42(40,41)33-24-14-5-15-25-33)36(28-39,31-20-10-3-11-21-31)32-22-12-4-13-23-32/h1-25,34H,26H2. The number of hydrogen-bond donors (Lipinski definition) is 0. The predicted octanol–water partition coefficient (Wildman–Crippen LogP) is 7.24. The van der Waals surface area contributed by atoms with E-state index in [0.29, 0.717) is 22.3 Å². The first kappa shape index (κ1) is 27.2. The molecule has 4 nitrogen and oxygen atoms in total. The van der Waals surface area contributed by atoms with Crippen LogP contribution in [0, 0.1) is 28.1 Å². The van der Waals surface area contributed by atoms with Crippen LogP contribution in [0.1, 0.15) is 28.7 Å². The number of rotatable bonds is 8. The first-order chi connectivity index (χ1) is 20.5. The molecule has 1 atom stereocenters. The normalized spacial score (nSPS) is 16.1. The van der Waals surface area contributed by atoms with E-state index in [0.717, 1.165) is 0 Å². The summed E-state index contributed by atoms with van der Waals surface area (Å²) in [5.74, 6) is 0. The molecule has 0 aliphatic heterocycles. The van der Waals surface area contributed by atoms with E-state index >= 15 is 0 Å². The molecule has 5 aromatic rings. The summed E-state index contributed by atoms with van der Waals surface area (Å²) < 4.78 is 29.3. The fourth-order valence-electron chi connectivity index (χ4n) is 7.03. The van der Waals surface area contributed by atoms with Crippen LogP contribution in [0.2, 0.25) is 0 Å². The van der Waals surface area contributed by atoms with Gasteiger partial charge in [0.15, 0.2) is 9.84 Å². The van der Waals surface area contributed by atoms with Gasteiger partial charge in [-0.05, 0) is 40.8 Å². The molecule has 0 N–H and O–H groups in total. The summed E-state index contributed by atoms with van der Waals surface area (Å²) in [6.45, 7) is 0. The highest BCUT2D eigenvalue weighted by molar-refractivity contribution is 7.92. The maximum atomic E-state index is 14.6. The summed E-state index contributed by atoms with van der Waals surface area (Å²) >= 11 is 0. The zero-order valence-electron chi connectivity index (χ0n) is 22.8. The maximum Gasteiger partial charge on any atom is 0.181 e. The quantitative estimate of drug-likeness (QED) is 0.199. The minimum atomic E-state index is -3.99. The van der Waals surface area contributed by atoms with E-state index in [4.69, 9.17) is 0 Å². The predicted molar refractivity (Wildman–Crippen MR) is 163 cm³/mol. The van der Waals surface area contributed by atoms with Crippen molar-refractivity contribution in [2.24, 2.45) is 5.41 Å². The summed E-state index contributed by atoms with van der Waals surface area (Å²) in [7, 11) is -3.99. The lowest BCUT2D eigenvalue weighted by atomic mass is 9.51. The average Bonchev–Trinajstić information content (AvgIpc) is 3.83. The van der Waals surface area contributed by atoms with Crippen LogP contribution in [0.15, 0.2) is 157 Å². The van der Waals surface area contributed by atoms with Crippen LogP contribution in [0.25, 0.3) is 0 Å². The number of benzene rings is 5. The summed E-state index contributed by atoms with van der Waals surface area (Å²) in [4.78, 5) is 0.179. The number of sulfone groups is 1. The van der Waals surface area contributed by atoms with Crippen molar-refractivity contribution in [3.05, 3.63) is 174 Å². The summed E-state index contributed by atoms with van der Waals surface area (Å²) in [6, 6.07) is 51.1. The zero-order valence-corrected chi connectivity index (χ0v) is 23.7. The van der Waals surface area contributed by atoms with Crippen molar-refractivity contribution in [2.75, 3.05) is 0 Å². The largest absolute Gasteiger partial charge is 0.223 e. The van der Waals surface area contributed by atoms with Crippen molar-refractivity contribution in [1.82, 2.24) is 0 Å². The molecule has 5 aromatic carbocycles. The second-order valence-corrected chi connectivity index (χ2v) is 12.8. The van der Waals surface area contributed by atoms with E-state index in [1.54, 1.807) is 30.3 Å². The Morgan fingerprint density at radius 1 is 0.524 bits per heavy atom. The highest BCUT2D eigenvalue weighted by Gasteiger charge is 2.81. The first-order valence-electron chi connectivity index (χ1n) is 13.8. The molecule has 1 fully saturated rings. The Labute approximate surface area is 247 Å². The van der Waals surface area contributed by atoms with Gasteiger partial charge in [0.1, 0.15) is 10.8 Å². The van der Waals surface area contributed by atoms with Crippen molar-refractivity contribution < 1.29 is 8.42 Å². The minimum Gasteiger partial charge on any atom is -0.223 e. The molecular formula is C37H28N2O2S.